The number of nitrogens with one attached hydrogen (secondary N) is 1. The Bertz CT molecular complexity index is 326. The molecular weight excluding hydrogens is 166 g/mol. The highest BCUT2D eigenvalue weighted by molar-refractivity contribution is 6.33. The van der Waals surface area contributed by atoms with Crippen molar-refractivity contribution in [1.82, 2.24) is 9.97 Å². The molecule has 2 heterocycles. The monoisotopic (exact) mass is 169 g/mol. The molecular formula is C6H4ClN3O. The van der Waals surface area contributed by atoms with Crippen molar-refractivity contribution in [3.05, 3.63) is 17.2 Å². The van der Waals surface area contributed by atoms with Crippen LogP contribution in [0.1, 0.15) is 5.69 Å². The van der Waals surface area contributed by atoms with E-state index in [1.54, 1.807) is 0 Å². The second-order valence-electron chi connectivity index (χ2n) is 2.21. The van der Waals surface area contributed by atoms with Crippen LogP contribution in [0.5, 0.6) is 0 Å². The third-order valence-electron chi connectivity index (χ3n) is 1.47. The second kappa shape index (κ2) is 2.17. The zero-order chi connectivity index (χ0) is 7.84. The second-order valence-corrected chi connectivity index (χ2v) is 2.57. The first-order valence-corrected chi connectivity index (χ1v) is 3.44. The highest BCUT2D eigenvalue weighted by Gasteiger charge is 2.21. The van der Waals surface area contributed by atoms with Crippen LogP contribution in [0.25, 0.3) is 0 Å². The quantitative estimate of drug-likeness (QED) is 0.580. The zero-order valence-electron chi connectivity index (χ0n) is 5.47. The van der Waals surface area contributed by atoms with Gasteiger partial charge in [-0.15, -0.1) is 0 Å². The van der Waals surface area contributed by atoms with Crippen LogP contribution >= 0.6 is 11.6 Å². The lowest BCUT2D eigenvalue weighted by Gasteiger charge is -1.96. The molecule has 1 N–H and O–H groups in total. The maximum Gasteiger partial charge on any atom is 0.230 e. The Labute approximate surface area is 67.6 Å². The van der Waals surface area contributed by atoms with Crippen LogP contribution < -0.4 is 5.32 Å². The maximum absolute atomic E-state index is 10.8. The predicted molar refractivity (Wildman–Crippen MR) is 39.4 cm³/mol. The van der Waals surface area contributed by atoms with Gasteiger partial charge in [0.05, 0.1) is 12.1 Å². The topological polar surface area (TPSA) is 54.9 Å². The minimum absolute atomic E-state index is 0.0811. The number of hydrogen-bond donors (Lipinski definition) is 1. The van der Waals surface area contributed by atoms with E-state index in [1.165, 1.54) is 6.33 Å². The van der Waals surface area contributed by atoms with E-state index in [-0.39, 0.29) is 5.91 Å². The van der Waals surface area contributed by atoms with E-state index >= 15 is 0 Å². The minimum atomic E-state index is -0.0811. The summed E-state index contributed by atoms with van der Waals surface area (Å²) in [4.78, 5) is 18.4. The van der Waals surface area contributed by atoms with Crippen LogP contribution in [0.2, 0.25) is 5.15 Å². The number of hydrogen-bond acceptors (Lipinski definition) is 3. The van der Waals surface area contributed by atoms with Crippen LogP contribution in [0, 0.1) is 0 Å². The molecule has 0 unspecified atom stereocenters. The van der Waals surface area contributed by atoms with E-state index in [4.69, 9.17) is 11.6 Å². The van der Waals surface area contributed by atoms with Crippen LogP contribution in [-0.2, 0) is 11.2 Å². The molecule has 56 valence electrons. The first-order chi connectivity index (χ1) is 5.27. The zero-order valence-corrected chi connectivity index (χ0v) is 6.22. The molecule has 0 fully saturated rings. The number of rotatable bonds is 0. The van der Waals surface area contributed by atoms with Gasteiger partial charge in [0.1, 0.15) is 12.0 Å². The number of carbonyl (C=O) groups is 1. The van der Waals surface area contributed by atoms with Crippen LogP contribution in [-0.4, -0.2) is 15.9 Å². The smallest absolute Gasteiger partial charge is 0.230 e. The lowest BCUT2D eigenvalue weighted by atomic mass is 10.3. The highest BCUT2D eigenvalue weighted by Crippen LogP contribution is 2.26. The SMILES string of the molecule is O=C1Cc2ncnc(Cl)c2N1. The molecule has 0 atom stereocenters. The summed E-state index contributed by atoms with van der Waals surface area (Å²) in [7, 11) is 0. The molecule has 1 aliphatic rings. The van der Waals surface area contributed by atoms with Gasteiger partial charge >= 0.3 is 0 Å². The Balaban J connectivity index is 2.57. The normalized spacial score (nSPS) is 14.5. The van der Waals surface area contributed by atoms with Gasteiger partial charge in [0.15, 0.2) is 5.15 Å². The Morgan fingerprint density at radius 1 is 1.55 bits per heavy atom. The van der Waals surface area contributed by atoms with Crippen molar-refractivity contribution in [1.29, 1.82) is 0 Å². The van der Waals surface area contributed by atoms with E-state index in [9.17, 15) is 4.79 Å². The number of anilines is 1. The Morgan fingerprint density at radius 3 is 3.09 bits per heavy atom. The van der Waals surface area contributed by atoms with E-state index in [2.05, 4.69) is 15.3 Å². The molecule has 0 aliphatic carbocycles. The summed E-state index contributed by atoms with van der Waals surface area (Å²) < 4.78 is 0. The summed E-state index contributed by atoms with van der Waals surface area (Å²) in [5.41, 5.74) is 1.23. The van der Waals surface area contributed by atoms with Gasteiger partial charge in [-0.2, -0.15) is 0 Å². The minimum Gasteiger partial charge on any atom is -0.322 e. The maximum atomic E-state index is 10.8. The number of fused-ring (bicyclic) bond motifs is 1. The molecule has 1 aliphatic heterocycles. The van der Waals surface area contributed by atoms with Crippen molar-refractivity contribution >= 4 is 23.2 Å². The number of aromatic nitrogens is 2. The molecule has 0 radical (unpaired) electrons. The molecule has 0 saturated heterocycles. The fourth-order valence-electron chi connectivity index (χ4n) is 0.991. The van der Waals surface area contributed by atoms with Gasteiger partial charge < -0.3 is 5.32 Å². The van der Waals surface area contributed by atoms with Gasteiger partial charge in [-0.3, -0.25) is 4.79 Å². The number of halogens is 1. The number of carbonyl (C=O) groups excluding carboxylic acids is 1. The first kappa shape index (κ1) is 6.54. The van der Waals surface area contributed by atoms with E-state index in [0.29, 0.717) is 23.0 Å². The molecule has 1 aromatic heterocycles. The standard InChI is InChI=1S/C6H4ClN3O/c7-6-5-3(8-2-9-6)1-4(11)10-5/h2H,1H2,(H,10,11). The van der Waals surface area contributed by atoms with E-state index in [0.717, 1.165) is 0 Å². The predicted octanol–water partition coefficient (Wildman–Crippen LogP) is 0.625. The molecule has 1 aromatic rings. The Hall–Kier alpha value is -1.16. The van der Waals surface area contributed by atoms with Gasteiger partial charge in [0.25, 0.3) is 0 Å². The molecule has 11 heavy (non-hydrogen) atoms. The number of amides is 1. The van der Waals surface area contributed by atoms with Gasteiger partial charge in [-0.25, -0.2) is 9.97 Å². The fourth-order valence-corrected chi connectivity index (χ4v) is 1.19. The molecule has 0 aromatic carbocycles. The molecule has 0 bridgehead atoms. The van der Waals surface area contributed by atoms with E-state index < -0.39 is 0 Å². The molecule has 0 saturated carbocycles. The van der Waals surface area contributed by atoms with Crippen LogP contribution in [0.15, 0.2) is 6.33 Å². The van der Waals surface area contributed by atoms with Crippen LogP contribution in [0.4, 0.5) is 5.69 Å². The summed E-state index contributed by atoms with van der Waals surface area (Å²) in [6.07, 6.45) is 1.65. The molecule has 1 amide bonds. The van der Waals surface area contributed by atoms with Gasteiger partial charge in [0, 0.05) is 0 Å². The van der Waals surface area contributed by atoms with Gasteiger partial charge in [0.2, 0.25) is 5.91 Å². The van der Waals surface area contributed by atoms with Gasteiger partial charge in [-0.1, -0.05) is 11.6 Å². The largest absolute Gasteiger partial charge is 0.322 e. The number of nitrogens with zero attached hydrogens (tertiary/aromatic N) is 2. The molecule has 2 rings (SSSR count). The summed E-state index contributed by atoms with van der Waals surface area (Å²) >= 11 is 5.67. The van der Waals surface area contributed by atoms with Crippen molar-refractivity contribution in [3.8, 4) is 0 Å². The fraction of sp³-hybridized carbons (Fsp3) is 0.167. The Kier molecular flexibility index (Phi) is 1.29. The first-order valence-electron chi connectivity index (χ1n) is 3.06. The van der Waals surface area contributed by atoms with Crippen molar-refractivity contribution < 1.29 is 4.79 Å². The summed E-state index contributed by atoms with van der Waals surface area (Å²) in [6, 6.07) is 0. The Morgan fingerprint density at radius 2 is 2.36 bits per heavy atom. The third-order valence-corrected chi connectivity index (χ3v) is 1.76. The average Bonchev–Trinajstić information content (AvgIpc) is 2.31. The van der Waals surface area contributed by atoms with Crippen LogP contribution in [0.3, 0.4) is 0 Å². The van der Waals surface area contributed by atoms with E-state index in [1.807, 2.05) is 0 Å². The lowest BCUT2D eigenvalue weighted by Crippen LogP contribution is -2.03. The van der Waals surface area contributed by atoms with Crippen molar-refractivity contribution in [3.63, 3.8) is 0 Å². The third kappa shape index (κ3) is 0.952. The molecule has 0 spiro atoms. The van der Waals surface area contributed by atoms with Crippen molar-refractivity contribution in [2.24, 2.45) is 0 Å². The molecule has 5 heteroatoms. The summed E-state index contributed by atoms with van der Waals surface area (Å²) in [6.45, 7) is 0. The summed E-state index contributed by atoms with van der Waals surface area (Å²) in [5.74, 6) is -0.0811. The summed E-state index contributed by atoms with van der Waals surface area (Å²) in [5, 5.41) is 2.88. The highest BCUT2D eigenvalue weighted by atomic mass is 35.5. The van der Waals surface area contributed by atoms with Crippen molar-refractivity contribution in [2.45, 2.75) is 6.42 Å². The average molecular weight is 170 g/mol. The lowest BCUT2D eigenvalue weighted by molar-refractivity contribution is -0.115. The molecule has 4 nitrogen and oxygen atoms in total. The van der Waals surface area contributed by atoms with Crippen molar-refractivity contribution in [2.75, 3.05) is 5.32 Å². The van der Waals surface area contributed by atoms with Gasteiger partial charge in [-0.05, 0) is 0 Å².